The molecule has 0 saturated heterocycles. The number of benzene rings is 9. The zero-order valence-corrected chi connectivity index (χ0v) is 30.9. The highest BCUT2D eigenvalue weighted by atomic mass is 32.1. The fraction of sp³-hybridized carbons (Fsp3) is 0. The molecule has 260 valence electrons. The zero-order valence-electron chi connectivity index (χ0n) is 30.1. The van der Waals surface area contributed by atoms with Gasteiger partial charge in [0.2, 0.25) is 0 Å². The number of rotatable bonds is 8. The van der Waals surface area contributed by atoms with Crippen LogP contribution in [0, 0.1) is 0 Å². The lowest BCUT2D eigenvalue weighted by Gasteiger charge is -2.34. The highest BCUT2D eigenvalue weighted by molar-refractivity contribution is 7.26. The molecule has 0 atom stereocenters. The van der Waals surface area contributed by atoms with E-state index in [2.05, 4.69) is 228 Å². The molecule has 0 saturated carbocycles. The van der Waals surface area contributed by atoms with Crippen molar-refractivity contribution in [1.29, 1.82) is 0 Å². The van der Waals surface area contributed by atoms with Gasteiger partial charge in [0.05, 0.1) is 11.4 Å². The molecule has 2 nitrogen and oxygen atoms in total. The van der Waals surface area contributed by atoms with Crippen molar-refractivity contribution in [1.82, 2.24) is 0 Å². The van der Waals surface area contributed by atoms with E-state index in [0.29, 0.717) is 0 Å². The fourth-order valence-corrected chi connectivity index (χ4v) is 8.93. The topological polar surface area (TPSA) is 6.48 Å². The molecule has 55 heavy (non-hydrogen) atoms. The van der Waals surface area contributed by atoms with E-state index >= 15 is 0 Å². The molecule has 0 unspecified atom stereocenters. The van der Waals surface area contributed by atoms with E-state index in [0.717, 1.165) is 34.1 Å². The Balaban J connectivity index is 1.27. The van der Waals surface area contributed by atoms with Gasteiger partial charge in [0.25, 0.3) is 0 Å². The number of fused-ring (bicyclic) bond motifs is 4. The van der Waals surface area contributed by atoms with Crippen LogP contribution in [0.1, 0.15) is 0 Å². The molecule has 0 aliphatic rings. The monoisotopic (exact) mass is 720 g/mol. The summed E-state index contributed by atoms with van der Waals surface area (Å²) in [7, 11) is 0. The zero-order chi connectivity index (χ0) is 36.6. The summed E-state index contributed by atoms with van der Waals surface area (Å²) in [4.78, 5) is 4.88. The van der Waals surface area contributed by atoms with Crippen molar-refractivity contribution in [3.05, 3.63) is 218 Å². The van der Waals surface area contributed by atoms with Crippen molar-refractivity contribution < 1.29 is 0 Å². The van der Waals surface area contributed by atoms with Gasteiger partial charge in [-0.2, -0.15) is 0 Å². The third kappa shape index (κ3) is 6.11. The van der Waals surface area contributed by atoms with Crippen LogP contribution in [0.4, 0.5) is 34.1 Å². The maximum atomic E-state index is 2.46. The number of anilines is 6. The molecule has 0 bridgehead atoms. The first-order chi connectivity index (χ1) is 27.3. The highest BCUT2D eigenvalue weighted by Crippen LogP contribution is 2.53. The number of thiophene rings is 1. The molecule has 9 aromatic carbocycles. The van der Waals surface area contributed by atoms with E-state index in [1.807, 2.05) is 11.3 Å². The Hall–Kier alpha value is -6.94. The number of hydrogen-bond acceptors (Lipinski definition) is 3. The lowest BCUT2D eigenvalue weighted by Crippen LogP contribution is -2.17. The van der Waals surface area contributed by atoms with Crippen LogP contribution < -0.4 is 9.80 Å². The van der Waals surface area contributed by atoms with E-state index in [9.17, 15) is 0 Å². The maximum Gasteiger partial charge on any atom is 0.0796 e. The SMILES string of the molecule is c1ccc(-c2ccc(N(c3ccccc3)c3ccc4sc5cc6ccccc6cc5c4c3N(c3ccccc3)c3ccc(-c4ccccc4)cc3)cc2)cc1. The molecule has 0 amide bonds. The van der Waals surface area contributed by atoms with Crippen LogP contribution in [-0.2, 0) is 0 Å². The molecule has 10 aromatic rings. The van der Waals surface area contributed by atoms with Gasteiger partial charge in [0.15, 0.2) is 0 Å². The van der Waals surface area contributed by atoms with Gasteiger partial charge in [0, 0.05) is 42.9 Å². The van der Waals surface area contributed by atoms with E-state index in [1.165, 1.54) is 53.2 Å². The second-order valence-electron chi connectivity index (χ2n) is 13.8. The number of nitrogens with zero attached hydrogens (tertiary/aromatic N) is 2. The van der Waals surface area contributed by atoms with Crippen molar-refractivity contribution >= 4 is 76.4 Å². The lowest BCUT2D eigenvalue weighted by molar-refractivity contribution is 1.24. The Morgan fingerprint density at radius 2 is 0.727 bits per heavy atom. The minimum absolute atomic E-state index is 1.09. The van der Waals surface area contributed by atoms with Crippen LogP contribution in [0.2, 0.25) is 0 Å². The summed E-state index contributed by atoms with van der Waals surface area (Å²) in [6, 6.07) is 78.9. The van der Waals surface area contributed by atoms with E-state index in [-0.39, 0.29) is 0 Å². The van der Waals surface area contributed by atoms with E-state index in [4.69, 9.17) is 0 Å². The van der Waals surface area contributed by atoms with Crippen LogP contribution >= 0.6 is 11.3 Å². The summed E-state index contributed by atoms with van der Waals surface area (Å²) in [5, 5.41) is 4.98. The van der Waals surface area contributed by atoms with Gasteiger partial charge in [-0.15, -0.1) is 11.3 Å². The van der Waals surface area contributed by atoms with Crippen molar-refractivity contribution in [2.24, 2.45) is 0 Å². The van der Waals surface area contributed by atoms with Crippen LogP contribution in [0.5, 0.6) is 0 Å². The Labute approximate surface area is 325 Å². The Kier molecular flexibility index (Phi) is 8.40. The minimum atomic E-state index is 1.09. The van der Waals surface area contributed by atoms with Crippen LogP contribution in [0.3, 0.4) is 0 Å². The van der Waals surface area contributed by atoms with Gasteiger partial charge < -0.3 is 9.80 Å². The molecule has 0 radical (unpaired) electrons. The average Bonchev–Trinajstić information content (AvgIpc) is 3.63. The smallest absolute Gasteiger partial charge is 0.0796 e. The van der Waals surface area contributed by atoms with E-state index < -0.39 is 0 Å². The summed E-state index contributed by atoms with van der Waals surface area (Å²) in [6.45, 7) is 0. The molecule has 0 spiro atoms. The molecule has 10 rings (SSSR count). The normalized spacial score (nSPS) is 11.3. The van der Waals surface area contributed by atoms with Crippen LogP contribution in [-0.4, -0.2) is 0 Å². The second kappa shape index (κ2) is 14.1. The molecule has 1 aromatic heterocycles. The predicted molar refractivity (Wildman–Crippen MR) is 237 cm³/mol. The minimum Gasteiger partial charge on any atom is -0.308 e. The first-order valence-electron chi connectivity index (χ1n) is 18.7. The number of para-hydroxylation sites is 2. The van der Waals surface area contributed by atoms with Gasteiger partial charge in [-0.1, -0.05) is 146 Å². The standard InChI is InChI=1S/C52H36N2S/c1-5-15-37(16-6-1)39-25-29-45(30-26-39)53(43-21-9-3-10-22-43)48-33-34-49-51(47-35-41-19-13-14-20-42(41)36-50(47)55-49)52(48)54(44-23-11-4-12-24-44)46-31-27-40(28-32-46)38-17-7-2-8-18-38/h1-36H. The predicted octanol–water partition coefficient (Wildman–Crippen LogP) is 15.5. The number of hydrogen-bond donors (Lipinski definition) is 0. The van der Waals surface area contributed by atoms with Gasteiger partial charge >= 0.3 is 0 Å². The quantitative estimate of drug-likeness (QED) is 0.154. The van der Waals surface area contributed by atoms with E-state index in [1.54, 1.807) is 0 Å². The summed E-state index contributed by atoms with van der Waals surface area (Å²) >= 11 is 1.86. The maximum absolute atomic E-state index is 2.46. The summed E-state index contributed by atoms with van der Waals surface area (Å²) < 4.78 is 2.52. The Morgan fingerprint density at radius 1 is 0.309 bits per heavy atom. The van der Waals surface area contributed by atoms with Gasteiger partial charge in [-0.25, -0.2) is 0 Å². The molecular formula is C52H36N2S. The molecule has 0 aliphatic carbocycles. The van der Waals surface area contributed by atoms with Crippen molar-refractivity contribution in [2.45, 2.75) is 0 Å². The molecular weight excluding hydrogens is 685 g/mol. The largest absolute Gasteiger partial charge is 0.308 e. The summed E-state index contributed by atoms with van der Waals surface area (Å²) in [5.41, 5.74) is 11.4. The third-order valence-electron chi connectivity index (χ3n) is 10.4. The molecule has 0 fully saturated rings. The van der Waals surface area contributed by atoms with Crippen molar-refractivity contribution in [3.63, 3.8) is 0 Å². The lowest BCUT2D eigenvalue weighted by atomic mass is 10.0. The first kappa shape index (κ1) is 32.7. The Morgan fingerprint density at radius 3 is 1.27 bits per heavy atom. The van der Waals surface area contributed by atoms with Crippen LogP contribution in [0.15, 0.2) is 218 Å². The molecule has 0 aliphatic heterocycles. The van der Waals surface area contributed by atoms with Crippen LogP contribution in [0.25, 0.3) is 53.2 Å². The molecule has 1 heterocycles. The molecule has 3 heteroatoms. The highest BCUT2D eigenvalue weighted by Gasteiger charge is 2.27. The van der Waals surface area contributed by atoms with Crippen molar-refractivity contribution in [3.8, 4) is 22.3 Å². The van der Waals surface area contributed by atoms with Gasteiger partial charge in [-0.3, -0.25) is 0 Å². The van der Waals surface area contributed by atoms with Gasteiger partial charge in [-0.05, 0) is 106 Å². The first-order valence-corrected chi connectivity index (χ1v) is 19.5. The Bertz CT molecular complexity index is 2890. The fourth-order valence-electron chi connectivity index (χ4n) is 7.79. The molecule has 0 N–H and O–H groups in total. The second-order valence-corrected chi connectivity index (χ2v) is 14.9. The summed E-state index contributed by atoms with van der Waals surface area (Å²) in [5.74, 6) is 0. The average molecular weight is 721 g/mol. The van der Waals surface area contributed by atoms with Gasteiger partial charge in [0.1, 0.15) is 0 Å². The third-order valence-corrected chi connectivity index (χ3v) is 11.5. The van der Waals surface area contributed by atoms with Crippen molar-refractivity contribution in [2.75, 3.05) is 9.80 Å². The summed E-state index contributed by atoms with van der Waals surface area (Å²) in [6.07, 6.45) is 0.